The third kappa shape index (κ3) is 2.95. The van der Waals surface area contributed by atoms with Crippen LogP contribution in [0.2, 0.25) is 0 Å². The summed E-state index contributed by atoms with van der Waals surface area (Å²) in [6.07, 6.45) is -0.530. The summed E-state index contributed by atoms with van der Waals surface area (Å²) in [7, 11) is 0. The van der Waals surface area contributed by atoms with Gasteiger partial charge in [0, 0.05) is 11.3 Å². The van der Waals surface area contributed by atoms with E-state index in [1.165, 1.54) is 0 Å². The van der Waals surface area contributed by atoms with Crippen LogP contribution in [0.15, 0.2) is 42.5 Å². The van der Waals surface area contributed by atoms with Crippen molar-refractivity contribution in [1.29, 1.82) is 0 Å². The van der Waals surface area contributed by atoms with Crippen LogP contribution >= 0.6 is 0 Å². The zero-order chi connectivity index (χ0) is 14.7. The molecule has 0 aliphatic rings. The van der Waals surface area contributed by atoms with Gasteiger partial charge in [-0.15, -0.1) is 0 Å². The van der Waals surface area contributed by atoms with E-state index in [2.05, 4.69) is 5.32 Å². The first-order valence-corrected chi connectivity index (χ1v) is 6.28. The van der Waals surface area contributed by atoms with Crippen molar-refractivity contribution in [3.8, 4) is 0 Å². The first-order valence-electron chi connectivity index (χ1n) is 6.28. The third-order valence-electron chi connectivity index (χ3n) is 3.09. The summed E-state index contributed by atoms with van der Waals surface area (Å²) < 4.78 is 0. The molecule has 0 fully saturated rings. The molecule has 0 bridgehead atoms. The Morgan fingerprint density at radius 1 is 1.20 bits per heavy atom. The van der Waals surface area contributed by atoms with E-state index >= 15 is 0 Å². The molecule has 0 heterocycles. The number of aliphatic hydroxyl groups excluding tert-OH is 1. The summed E-state index contributed by atoms with van der Waals surface area (Å²) in [6.45, 7) is 3.40. The zero-order valence-corrected chi connectivity index (χ0v) is 11.3. The topological polar surface area (TPSA) is 75.4 Å². The van der Waals surface area contributed by atoms with Gasteiger partial charge in [-0.3, -0.25) is 10.1 Å². The molecule has 2 aromatic carbocycles. The number of anilines is 2. The van der Waals surface area contributed by atoms with Gasteiger partial charge in [0.05, 0.1) is 11.0 Å². The van der Waals surface area contributed by atoms with Gasteiger partial charge >= 0.3 is 0 Å². The molecule has 20 heavy (non-hydrogen) atoms. The molecule has 0 amide bonds. The summed E-state index contributed by atoms with van der Waals surface area (Å²) in [4.78, 5) is 10.7. The van der Waals surface area contributed by atoms with Crippen molar-refractivity contribution in [3.05, 3.63) is 63.7 Å². The van der Waals surface area contributed by atoms with Crippen molar-refractivity contribution in [3.63, 3.8) is 0 Å². The number of nitrogens with one attached hydrogen (secondary N) is 1. The Morgan fingerprint density at radius 2 is 1.85 bits per heavy atom. The van der Waals surface area contributed by atoms with Crippen molar-refractivity contribution in [2.75, 3.05) is 5.32 Å². The zero-order valence-electron chi connectivity index (χ0n) is 11.3. The number of hydrogen-bond donors (Lipinski definition) is 2. The number of aryl methyl sites for hydroxylation is 1. The highest BCUT2D eigenvalue weighted by Crippen LogP contribution is 2.30. The highest BCUT2D eigenvalue weighted by Gasteiger charge is 2.16. The minimum atomic E-state index is -0.530. The lowest BCUT2D eigenvalue weighted by molar-refractivity contribution is -0.384. The summed E-state index contributed by atoms with van der Waals surface area (Å²) in [5, 5.41) is 23.6. The van der Waals surface area contributed by atoms with Gasteiger partial charge < -0.3 is 10.4 Å². The second-order valence-corrected chi connectivity index (χ2v) is 4.65. The quantitative estimate of drug-likeness (QED) is 0.657. The standard InChI is InChI=1S/C15H16N2O3/c1-10-4-3-5-14(15(10)17(19)20)16-13-8-6-12(7-9-13)11(2)18/h3-9,11,16,18H,1-2H3. The van der Waals surface area contributed by atoms with Gasteiger partial charge in [0.2, 0.25) is 0 Å². The number of rotatable bonds is 4. The maximum atomic E-state index is 11.1. The van der Waals surface area contributed by atoms with Gasteiger partial charge in [-0.05, 0) is 37.6 Å². The van der Waals surface area contributed by atoms with E-state index in [0.717, 1.165) is 11.3 Å². The molecule has 2 aromatic rings. The predicted octanol–water partition coefficient (Wildman–Crippen LogP) is 3.70. The van der Waals surface area contributed by atoms with E-state index in [0.29, 0.717) is 11.3 Å². The normalized spacial score (nSPS) is 11.9. The van der Waals surface area contributed by atoms with Gasteiger partial charge in [-0.25, -0.2) is 0 Å². The second kappa shape index (κ2) is 5.71. The lowest BCUT2D eigenvalue weighted by Gasteiger charge is -2.10. The van der Waals surface area contributed by atoms with Crippen LogP contribution < -0.4 is 5.32 Å². The van der Waals surface area contributed by atoms with Gasteiger partial charge in [-0.2, -0.15) is 0 Å². The third-order valence-corrected chi connectivity index (χ3v) is 3.09. The van der Waals surface area contributed by atoms with E-state index in [1.54, 1.807) is 56.3 Å². The van der Waals surface area contributed by atoms with Gasteiger partial charge in [-0.1, -0.05) is 24.3 Å². The van der Waals surface area contributed by atoms with E-state index in [4.69, 9.17) is 0 Å². The lowest BCUT2D eigenvalue weighted by Crippen LogP contribution is -1.99. The molecule has 5 heteroatoms. The fourth-order valence-electron chi connectivity index (χ4n) is 2.00. The Labute approximate surface area is 117 Å². The first-order chi connectivity index (χ1) is 9.49. The van der Waals surface area contributed by atoms with E-state index in [1.807, 2.05) is 0 Å². The van der Waals surface area contributed by atoms with Crippen LogP contribution in [0.1, 0.15) is 24.2 Å². The molecule has 0 radical (unpaired) electrons. The van der Waals surface area contributed by atoms with Crippen LogP contribution in [0, 0.1) is 17.0 Å². The molecule has 5 nitrogen and oxygen atoms in total. The SMILES string of the molecule is Cc1cccc(Nc2ccc(C(C)O)cc2)c1[N+](=O)[O-]. The van der Waals surface area contributed by atoms with Crippen molar-refractivity contribution in [1.82, 2.24) is 0 Å². The Balaban J connectivity index is 2.30. The molecule has 1 unspecified atom stereocenters. The molecule has 0 aliphatic carbocycles. The second-order valence-electron chi connectivity index (χ2n) is 4.65. The van der Waals surface area contributed by atoms with Gasteiger partial charge in [0.15, 0.2) is 0 Å². The molecule has 0 aliphatic heterocycles. The van der Waals surface area contributed by atoms with Crippen LogP contribution in [-0.2, 0) is 0 Å². The molecule has 1 atom stereocenters. The lowest BCUT2D eigenvalue weighted by atomic mass is 10.1. The summed E-state index contributed by atoms with van der Waals surface area (Å²) >= 11 is 0. The minimum absolute atomic E-state index is 0.0760. The number of hydrogen-bond acceptors (Lipinski definition) is 4. The predicted molar refractivity (Wildman–Crippen MR) is 78.2 cm³/mol. The average molecular weight is 272 g/mol. The van der Waals surface area contributed by atoms with Crippen molar-refractivity contribution < 1.29 is 10.0 Å². The average Bonchev–Trinajstić information content (AvgIpc) is 2.39. The Bertz CT molecular complexity index is 622. The first kappa shape index (κ1) is 14.0. The molecule has 2 rings (SSSR count). The summed E-state index contributed by atoms with van der Waals surface area (Å²) in [6, 6.07) is 12.3. The van der Waals surface area contributed by atoms with E-state index < -0.39 is 6.10 Å². The number of benzene rings is 2. The fraction of sp³-hybridized carbons (Fsp3) is 0.200. The van der Waals surface area contributed by atoms with E-state index in [9.17, 15) is 15.2 Å². The highest BCUT2D eigenvalue weighted by atomic mass is 16.6. The Morgan fingerprint density at radius 3 is 2.40 bits per heavy atom. The van der Waals surface area contributed by atoms with Gasteiger partial charge in [0.1, 0.15) is 5.69 Å². The fourth-order valence-corrected chi connectivity index (χ4v) is 2.00. The maximum absolute atomic E-state index is 11.1. The number of para-hydroxylation sites is 1. The molecule has 0 saturated heterocycles. The molecular weight excluding hydrogens is 256 g/mol. The smallest absolute Gasteiger partial charge is 0.295 e. The summed E-state index contributed by atoms with van der Waals surface area (Å²) in [5.74, 6) is 0. The number of nitrogens with zero attached hydrogens (tertiary/aromatic N) is 1. The monoisotopic (exact) mass is 272 g/mol. The summed E-state index contributed by atoms with van der Waals surface area (Å²) in [5.41, 5.74) is 2.69. The largest absolute Gasteiger partial charge is 0.389 e. The van der Waals surface area contributed by atoms with Crippen LogP contribution in [0.4, 0.5) is 17.1 Å². The molecule has 0 spiro atoms. The molecular formula is C15H16N2O3. The van der Waals surface area contributed by atoms with Crippen LogP contribution in [-0.4, -0.2) is 10.0 Å². The maximum Gasteiger partial charge on any atom is 0.295 e. The van der Waals surface area contributed by atoms with Crippen LogP contribution in [0.3, 0.4) is 0 Å². The van der Waals surface area contributed by atoms with Gasteiger partial charge in [0.25, 0.3) is 5.69 Å². The highest BCUT2D eigenvalue weighted by molar-refractivity contribution is 5.71. The molecule has 0 aromatic heterocycles. The molecule has 104 valence electrons. The van der Waals surface area contributed by atoms with Crippen molar-refractivity contribution in [2.24, 2.45) is 0 Å². The van der Waals surface area contributed by atoms with Crippen molar-refractivity contribution in [2.45, 2.75) is 20.0 Å². The minimum Gasteiger partial charge on any atom is -0.389 e. The number of nitro groups is 1. The molecule has 0 saturated carbocycles. The number of aliphatic hydroxyl groups is 1. The Hall–Kier alpha value is -2.40. The van der Waals surface area contributed by atoms with Crippen LogP contribution in [0.25, 0.3) is 0 Å². The number of nitro benzene ring substituents is 1. The molecule has 2 N–H and O–H groups in total. The van der Waals surface area contributed by atoms with Crippen LogP contribution in [0.5, 0.6) is 0 Å². The Kier molecular flexibility index (Phi) is 4.00. The van der Waals surface area contributed by atoms with E-state index in [-0.39, 0.29) is 10.6 Å². The van der Waals surface area contributed by atoms with Crippen molar-refractivity contribution >= 4 is 17.1 Å².